The number of hydrogen-bond acceptors (Lipinski definition) is 8. The van der Waals surface area contributed by atoms with Gasteiger partial charge in [-0.3, -0.25) is 19.2 Å². The average molecular weight is 525 g/mol. The maximum absolute atomic E-state index is 13.2. The topological polar surface area (TPSA) is 199 Å². The zero-order valence-electron chi connectivity index (χ0n) is 19.9. The molecule has 1 fully saturated rings. The van der Waals surface area contributed by atoms with Crippen LogP contribution in [0.25, 0.3) is 0 Å². The van der Waals surface area contributed by atoms with Crippen LogP contribution >= 0.6 is 11.8 Å². The summed E-state index contributed by atoms with van der Waals surface area (Å²) in [6.45, 7) is 0.150. The summed E-state index contributed by atoms with van der Waals surface area (Å²) in [6, 6.07) is 1.22. The molecule has 2 rings (SSSR count). The Labute approximate surface area is 212 Å². The van der Waals surface area contributed by atoms with Gasteiger partial charge in [0.15, 0.2) is 0 Å². The van der Waals surface area contributed by atoms with Gasteiger partial charge in [0, 0.05) is 13.0 Å². The first-order valence-corrected chi connectivity index (χ1v) is 12.8. The number of carboxylic acid groups (broad SMARTS) is 2. The number of aromatic hydroxyl groups is 1. The van der Waals surface area contributed by atoms with Crippen molar-refractivity contribution >= 4 is 41.4 Å². The Balaban J connectivity index is 2.11. The molecule has 1 saturated heterocycles. The second-order valence-electron chi connectivity index (χ2n) is 8.51. The fraction of sp³-hybridized carbons (Fsp3) is 0.522. The molecule has 36 heavy (non-hydrogen) atoms. The van der Waals surface area contributed by atoms with Gasteiger partial charge in [-0.2, -0.15) is 11.8 Å². The van der Waals surface area contributed by atoms with Gasteiger partial charge in [0.05, 0.1) is 12.5 Å². The quantitative estimate of drug-likeness (QED) is 0.196. The number of aliphatic carboxylic acids is 2. The second-order valence-corrected chi connectivity index (χ2v) is 9.49. The molecule has 4 unspecified atom stereocenters. The van der Waals surface area contributed by atoms with Crippen molar-refractivity contribution in [3.8, 4) is 5.75 Å². The normalized spacial score (nSPS) is 17.6. The molecule has 1 aliphatic heterocycles. The van der Waals surface area contributed by atoms with Gasteiger partial charge < -0.3 is 36.6 Å². The predicted octanol–water partition coefficient (Wildman–Crippen LogP) is -0.465. The third-order valence-corrected chi connectivity index (χ3v) is 6.44. The monoisotopic (exact) mass is 524 g/mol. The largest absolute Gasteiger partial charge is 0.508 e. The van der Waals surface area contributed by atoms with Crippen LogP contribution in [0.3, 0.4) is 0 Å². The number of nitrogens with two attached hydrogens (primary N) is 1. The minimum atomic E-state index is -1.42. The predicted molar refractivity (Wildman–Crippen MR) is 131 cm³/mol. The molecule has 1 aromatic carbocycles. The van der Waals surface area contributed by atoms with Crippen molar-refractivity contribution in [2.45, 2.75) is 56.3 Å². The van der Waals surface area contributed by atoms with E-state index >= 15 is 0 Å². The minimum Gasteiger partial charge on any atom is -0.508 e. The van der Waals surface area contributed by atoms with E-state index in [2.05, 4.69) is 10.6 Å². The van der Waals surface area contributed by atoms with E-state index in [9.17, 15) is 39.3 Å². The number of phenols is 1. The van der Waals surface area contributed by atoms with Gasteiger partial charge in [-0.1, -0.05) is 12.1 Å². The van der Waals surface area contributed by atoms with Crippen molar-refractivity contribution in [2.24, 2.45) is 5.73 Å². The van der Waals surface area contributed by atoms with Crippen LogP contribution in [0.15, 0.2) is 24.3 Å². The lowest BCUT2D eigenvalue weighted by molar-refractivity contribution is -0.147. The lowest BCUT2D eigenvalue weighted by Crippen LogP contribution is -2.57. The number of rotatable bonds is 13. The summed E-state index contributed by atoms with van der Waals surface area (Å²) in [6.07, 6.45) is 2.15. The fourth-order valence-corrected chi connectivity index (χ4v) is 4.36. The third-order valence-electron chi connectivity index (χ3n) is 5.79. The Morgan fingerprint density at radius 2 is 1.78 bits per heavy atom. The molecule has 7 N–H and O–H groups in total. The van der Waals surface area contributed by atoms with Crippen molar-refractivity contribution in [1.82, 2.24) is 15.5 Å². The van der Waals surface area contributed by atoms with E-state index in [1.165, 1.54) is 40.9 Å². The molecule has 198 valence electrons. The zero-order valence-corrected chi connectivity index (χ0v) is 20.7. The van der Waals surface area contributed by atoms with E-state index in [1.54, 1.807) is 0 Å². The smallest absolute Gasteiger partial charge is 0.326 e. The number of carbonyl (C=O) groups excluding carboxylic acids is 3. The minimum absolute atomic E-state index is 0.0167. The number of benzene rings is 1. The molecule has 13 heteroatoms. The lowest BCUT2D eigenvalue weighted by atomic mass is 10.0. The first-order chi connectivity index (χ1) is 17.0. The van der Waals surface area contributed by atoms with Crippen LogP contribution in [0.1, 0.15) is 31.2 Å². The van der Waals surface area contributed by atoms with Crippen LogP contribution < -0.4 is 16.4 Å². The Morgan fingerprint density at radius 3 is 2.36 bits per heavy atom. The van der Waals surface area contributed by atoms with Gasteiger partial charge in [-0.05, 0) is 49.0 Å². The molecule has 0 radical (unpaired) electrons. The number of hydrogen-bond donors (Lipinski definition) is 6. The van der Waals surface area contributed by atoms with Crippen LogP contribution in [-0.4, -0.2) is 92.6 Å². The number of nitrogens with one attached hydrogen (secondary N) is 2. The fourth-order valence-electron chi connectivity index (χ4n) is 3.87. The van der Waals surface area contributed by atoms with Crippen LogP contribution in [0.4, 0.5) is 0 Å². The molecule has 1 aliphatic rings. The molecule has 3 amide bonds. The number of thioether (sulfide) groups is 1. The highest BCUT2D eigenvalue weighted by molar-refractivity contribution is 7.98. The SMILES string of the molecule is CSCCC(N)C(=O)NC(CC(=O)O)C(=O)N1CCCC1C(=O)NC(Cc1ccc(O)cc1)C(=O)O. The highest BCUT2D eigenvalue weighted by atomic mass is 32.2. The van der Waals surface area contributed by atoms with E-state index in [4.69, 9.17) is 5.73 Å². The standard InChI is InChI=1S/C23H32N4O8S/c1-36-10-8-15(24)20(31)25-16(12-19(29)30)22(33)27-9-2-3-18(27)21(32)26-17(23(34)35)11-13-4-6-14(28)7-5-13/h4-7,15-18,28H,2-3,8-12,24H2,1H3,(H,25,31)(H,26,32)(H,29,30)(H,34,35). The van der Waals surface area contributed by atoms with Crippen molar-refractivity contribution in [3.05, 3.63) is 29.8 Å². The van der Waals surface area contributed by atoms with Crippen molar-refractivity contribution in [2.75, 3.05) is 18.6 Å². The van der Waals surface area contributed by atoms with Crippen LogP contribution in [-0.2, 0) is 30.4 Å². The zero-order chi connectivity index (χ0) is 26.8. The van der Waals surface area contributed by atoms with E-state index in [0.29, 0.717) is 24.2 Å². The third kappa shape index (κ3) is 8.41. The van der Waals surface area contributed by atoms with E-state index in [1.807, 2.05) is 6.26 Å². The maximum atomic E-state index is 13.2. The van der Waals surface area contributed by atoms with Gasteiger partial charge in [-0.25, -0.2) is 4.79 Å². The molecular formula is C23H32N4O8S. The van der Waals surface area contributed by atoms with Crippen LogP contribution in [0.2, 0.25) is 0 Å². The number of carbonyl (C=O) groups is 5. The summed E-state index contributed by atoms with van der Waals surface area (Å²) in [5, 5.41) is 33.1. The highest BCUT2D eigenvalue weighted by Crippen LogP contribution is 2.20. The lowest BCUT2D eigenvalue weighted by Gasteiger charge is -2.29. The van der Waals surface area contributed by atoms with Gasteiger partial charge >= 0.3 is 11.9 Å². The molecule has 0 spiro atoms. The Morgan fingerprint density at radius 1 is 1.11 bits per heavy atom. The van der Waals surface area contributed by atoms with Crippen molar-refractivity contribution in [3.63, 3.8) is 0 Å². The van der Waals surface area contributed by atoms with Crippen molar-refractivity contribution in [1.29, 1.82) is 0 Å². The number of likely N-dealkylation sites (tertiary alicyclic amines) is 1. The molecular weight excluding hydrogens is 492 g/mol. The summed E-state index contributed by atoms with van der Waals surface area (Å²) in [4.78, 5) is 62.9. The Bertz CT molecular complexity index is 958. The Kier molecular flexibility index (Phi) is 11.0. The molecule has 0 saturated carbocycles. The summed E-state index contributed by atoms with van der Waals surface area (Å²) in [7, 11) is 0. The van der Waals surface area contributed by atoms with E-state index in [0.717, 1.165) is 0 Å². The molecule has 0 aromatic heterocycles. The number of amides is 3. The van der Waals surface area contributed by atoms with Crippen LogP contribution in [0, 0.1) is 0 Å². The van der Waals surface area contributed by atoms with Crippen molar-refractivity contribution < 1.29 is 39.3 Å². The summed E-state index contributed by atoms with van der Waals surface area (Å²) in [5.74, 6) is -4.06. The molecule has 4 atom stereocenters. The number of phenolic OH excluding ortho intramolecular Hbond substituents is 1. The van der Waals surface area contributed by atoms with Gasteiger partial charge in [0.1, 0.15) is 23.9 Å². The molecule has 0 bridgehead atoms. The number of carboxylic acids is 2. The van der Waals surface area contributed by atoms with Gasteiger partial charge in [0.25, 0.3) is 0 Å². The summed E-state index contributed by atoms with van der Waals surface area (Å²) < 4.78 is 0. The first kappa shape index (κ1) is 28.9. The summed E-state index contributed by atoms with van der Waals surface area (Å²) in [5.41, 5.74) is 6.41. The molecule has 1 aromatic rings. The van der Waals surface area contributed by atoms with Gasteiger partial charge in [0.2, 0.25) is 17.7 Å². The molecule has 1 heterocycles. The van der Waals surface area contributed by atoms with Gasteiger partial charge in [-0.15, -0.1) is 0 Å². The number of nitrogens with zero attached hydrogens (tertiary/aromatic N) is 1. The van der Waals surface area contributed by atoms with E-state index < -0.39 is 60.2 Å². The maximum Gasteiger partial charge on any atom is 0.326 e. The highest BCUT2D eigenvalue weighted by Gasteiger charge is 2.39. The summed E-state index contributed by atoms with van der Waals surface area (Å²) >= 11 is 1.49. The second kappa shape index (κ2) is 13.7. The van der Waals surface area contributed by atoms with Crippen LogP contribution in [0.5, 0.6) is 5.75 Å². The molecule has 0 aliphatic carbocycles. The van der Waals surface area contributed by atoms with E-state index in [-0.39, 0.29) is 25.1 Å². The Hall–Kier alpha value is -3.32. The molecule has 12 nitrogen and oxygen atoms in total. The average Bonchev–Trinajstić information content (AvgIpc) is 3.32. The first-order valence-electron chi connectivity index (χ1n) is 11.4.